The third-order valence-electron chi connectivity index (χ3n) is 2.59. The maximum atomic E-state index is 11.7. The molecule has 0 spiro atoms. The first-order valence-corrected chi connectivity index (χ1v) is 5.29. The van der Waals surface area contributed by atoms with Crippen LogP contribution in [0.2, 0.25) is 0 Å². The fraction of sp³-hybridized carbons (Fsp3) is 0.818. The molecular formula is C11H20O4Ti. The molecule has 0 rings (SSSR count). The molecule has 0 aliphatic heterocycles. The van der Waals surface area contributed by atoms with E-state index < -0.39 is 11.4 Å². The van der Waals surface area contributed by atoms with E-state index in [2.05, 4.69) is 4.89 Å². The molecule has 0 heterocycles. The van der Waals surface area contributed by atoms with E-state index in [0.29, 0.717) is 12.8 Å². The van der Waals surface area contributed by atoms with E-state index in [4.69, 9.17) is 4.89 Å². The van der Waals surface area contributed by atoms with Crippen molar-refractivity contribution < 1.29 is 41.1 Å². The van der Waals surface area contributed by atoms with Gasteiger partial charge in [0.05, 0.1) is 6.10 Å². The minimum Gasteiger partial charge on any atom is -0.299 e. The van der Waals surface area contributed by atoms with E-state index in [1.807, 2.05) is 0 Å². The van der Waals surface area contributed by atoms with E-state index in [9.17, 15) is 9.59 Å². The standard InChI is InChI=1S/C11H20O4.Ti/c1-6-11(7-2,9(5)12)10(13)15-14-8(3)4;/h8H,6-7H2,1-5H3;. The van der Waals surface area contributed by atoms with E-state index in [-0.39, 0.29) is 33.6 Å². The van der Waals surface area contributed by atoms with Crippen LogP contribution >= 0.6 is 0 Å². The monoisotopic (exact) mass is 264 g/mol. The fourth-order valence-electron chi connectivity index (χ4n) is 1.40. The van der Waals surface area contributed by atoms with Gasteiger partial charge in [-0.05, 0) is 33.6 Å². The summed E-state index contributed by atoms with van der Waals surface area (Å²) in [6.45, 7) is 8.49. The Bertz CT molecular complexity index is 234. The third kappa shape index (κ3) is 4.36. The summed E-state index contributed by atoms with van der Waals surface area (Å²) in [6.07, 6.45) is 0.658. The summed E-state index contributed by atoms with van der Waals surface area (Å²) in [6, 6.07) is 0. The van der Waals surface area contributed by atoms with Crippen LogP contribution in [0, 0.1) is 5.41 Å². The zero-order valence-corrected chi connectivity index (χ0v) is 12.2. The number of carbonyl (C=O) groups is 2. The molecule has 0 aromatic heterocycles. The summed E-state index contributed by atoms with van der Waals surface area (Å²) in [4.78, 5) is 32.6. The quantitative estimate of drug-likeness (QED) is 0.319. The Labute approximate surface area is 112 Å². The molecule has 0 aromatic rings. The van der Waals surface area contributed by atoms with Gasteiger partial charge in [-0.25, -0.2) is 4.79 Å². The molecule has 0 radical (unpaired) electrons. The number of rotatable bonds is 6. The summed E-state index contributed by atoms with van der Waals surface area (Å²) in [5.41, 5.74) is -1.05. The molecule has 0 fully saturated rings. The summed E-state index contributed by atoms with van der Waals surface area (Å²) >= 11 is 0. The Balaban J connectivity index is 0. The van der Waals surface area contributed by atoms with Crippen LogP contribution in [0.1, 0.15) is 47.5 Å². The molecular weight excluding hydrogens is 244 g/mol. The van der Waals surface area contributed by atoms with Gasteiger partial charge in [0.2, 0.25) is 0 Å². The van der Waals surface area contributed by atoms with E-state index in [1.54, 1.807) is 27.7 Å². The minimum atomic E-state index is -1.05. The van der Waals surface area contributed by atoms with Crippen LogP contribution in [0.15, 0.2) is 0 Å². The van der Waals surface area contributed by atoms with Gasteiger partial charge in [-0.1, -0.05) is 13.8 Å². The van der Waals surface area contributed by atoms with Gasteiger partial charge in [-0.2, -0.15) is 4.89 Å². The largest absolute Gasteiger partial charge is 0.355 e. The second kappa shape index (κ2) is 7.99. The first-order valence-electron chi connectivity index (χ1n) is 5.29. The first-order chi connectivity index (χ1) is 6.90. The van der Waals surface area contributed by atoms with Gasteiger partial charge >= 0.3 is 5.97 Å². The van der Waals surface area contributed by atoms with Gasteiger partial charge in [0, 0.05) is 21.7 Å². The molecule has 0 aromatic carbocycles. The summed E-state index contributed by atoms with van der Waals surface area (Å²) in [5.74, 6) is -0.765. The smallest absolute Gasteiger partial charge is 0.299 e. The van der Waals surface area contributed by atoms with Crippen molar-refractivity contribution in [1.29, 1.82) is 0 Å². The predicted octanol–water partition coefficient (Wildman–Crippen LogP) is 2.26. The maximum absolute atomic E-state index is 11.7. The Kier molecular flexibility index (Phi) is 9.08. The molecule has 0 saturated carbocycles. The number of hydrogen-bond acceptors (Lipinski definition) is 4. The summed E-state index contributed by atoms with van der Waals surface area (Å²) in [7, 11) is 0. The van der Waals surface area contributed by atoms with E-state index in [1.165, 1.54) is 6.92 Å². The van der Waals surface area contributed by atoms with Gasteiger partial charge in [-0.15, -0.1) is 0 Å². The fourth-order valence-corrected chi connectivity index (χ4v) is 1.40. The molecule has 0 unspecified atom stereocenters. The number of Topliss-reactive ketones (excluding diaryl/α,β-unsaturated/α-hetero) is 1. The first kappa shape index (κ1) is 18.2. The molecule has 0 atom stereocenters. The van der Waals surface area contributed by atoms with Crippen LogP contribution in [0.3, 0.4) is 0 Å². The van der Waals surface area contributed by atoms with Crippen molar-refractivity contribution in [3.05, 3.63) is 0 Å². The SMILES string of the molecule is CCC(CC)(C(C)=O)C(=O)OOC(C)C.[Ti]. The molecule has 0 aliphatic carbocycles. The van der Waals surface area contributed by atoms with Crippen LogP contribution in [-0.4, -0.2) is 17.9 Å². The zero-order chi connectivity index (χ0) is 12.1. The van der Waals surface area contributed by atoms with Crippen molar-refractivity contribution in [2.75, 3.05) is 0 Å². The van der Waals surface area contributed by atoms with Crippen molar-refractivity contribution in [2.45, 2.75) is 53.6 Å². The molecule has 0 amide bonds. The second-order valence-electron chi connectivity index (χ2n) is 3.86. The zero-order valence-electron chi connectivity index (χ0n) is 10.6. The van der Waals surface area contributed by atoms with Crippen molar-refractivity contribution >= 4 is 11.8 Å². The van der Waals surface area contributed by atoms with Gasteiger partial charge < -0.3 is 0 Å². The van der Waals surface area contributed by atoms with Crippen molar-refractivity contribution in [2.24, 2.45) is 5.41 Å². The Morgan fingerprint density at radius 3 is 1.88 bits per heavy atom. The molecule has 0 N–H and O–H groups in total. The summed E-state index contributed by atoms with van der Waals surface area (Å²) < 4.78 is 0. The Morgan fingerprint density at radius 2 is 1.62 bits per heavy atom. The topological polar surface area (TPSA) is 52.6 Å². The normalized spacial score (nSPS) is 10.9. The summed E-state index contributed by atoms with van der Waals surface area (Å²) in [5, 5.41) is 0. The molecule has 4 nitrogen and oxygen atoms in total. The van der Waals surface area contributed by atoms with E-state index >= 15 is 0 Å². The molecule has 5 heteroatoms. The second-order valence-corrected chi connectivity index (χ2v) is 3.86. The average molecular weight is 264 g/mol. The number of hydrogen-bond donors (Lipinski definition) is 0. The molecule has 0 saturated heterocycles. The van der Waals surface area contributed by atoms with Crippen molar-refractivity contribution in [1.82, 2.24) is 0 Å². The number of carbonyl (C=O) groups excluding carboxylic acids is 2. The van der Waals surface area contributed by atoms with Crippen LogP contribution in [-0.2, 0) is 41.1 Å². The molecule has 0 bridgehead atoms. The third-order valence-corrected chi connectivity index (χ3v) is 2.59. The Morgan fingerprint density at radius 1 is 1.19 bits per heavy atom. The van der Waals surface area contributed by atoms with E-state index in [0.717, 1.165) is 0 Å². The maximum Gasteiger partial charge on any atom is 0.355 e. The van der Waals surface area contributed by atoms with Crippen molar-refractivity contribution in [3.63, 3.8) is 0 Å². The molecule has 92 valence electrons. The minimum absolute atomic E-state index is 0. The van der Waals surface area contributed by atoms with Gasteiger partial charge in [-0.3, -0.25) is 9.68 Å². The van der Waals surface area contributed by atoms with Gasteiger partial charge in [0.1, 0.15) is 11.2 Å². The van der Waals surface area contributed by atoms with Crippen LogP contribution in [0.5, 0.6) is 0 Å². The predicted molar refractivity (Wildman–Crippen MR) is 56.0 cm³/mol. The van der Waals surface area contributed by atoms with Crippen LogP contribution in [0.4, 0.5) is 0 Å². The molecule has 16 heavy (non-hydrogen) atoms. The Hall–Kier alpha value is -0.186. The molecule has 0 aliphatic rings. The van der Waals surface area contributed by atoms with Gasteiger partial charge in [0.25, 0.3) is 0 Å². The van der Waals surface area contributed by atoms with Gasteiger partial charge in [0.15, 0.2) is 0 Å². The van der Waals surface area contributed by atoms with Crippen LogP contribution < -0.4 is 0 Å². The number of ketones is 1. The van der Waals surface area contributed by atoms with Crippen LogP contribution in [0.25, 0.3) is 0 Å². The van der Waals surface area contributed by atoms with Crippen molar-refractivity contribution in [3.8, 4) is 0 Å². The average Bonchev–Trinajstić information content (AvgIpc) is 2.17.